The fourth-order valence-corrected chi connectivity index (χ4v) is 1.06. The largest absolute Gasteiger partial charge is 0.345 e. The number of aromatic nitrogens is 2. The molecule has 1 N–H and O–H groups in total. The Morgan fingerprint density at radius 1 is 1.58 bits per heavy atom. The van der Waals surface area contributed by atoms with Crippen molar-refractivity contribution in [2.45, 2.75) is 27.2 Å². The van der Waals surface area contributed by atoms with Crippen LogP contribution in [0.1, 0.15) is 27.2 Å². The first-order chi connectivity index (χ1) is 5.74. The molecule has 12 heavy (non-hydrogen) atoms. The van der Waals surface area contributed by atoms with Gasteiger partial charge in [-0.15, -0.1) is 0 Å². The lowest BCUT2D eigenvalue weighted by Crippen LogP contribution is -2.23. The van der Waals surface area contributed by atoms with Gasteiger partial charge >= 0.3 is 0 Å². The molecule has 0 spiro atoms. The van der Waals surface area contributed by atoms with Crippen LogP contribution in [0, 0.1) is 5.92 Å². The zero-order chi connectivity index (χ0) is 8.97. The van der Waals surface area contributed by atoms with E-state index in [0.717, 1.165) is 17.1 Å². The summed E-state index contributed by atoms with van der Waals surface area (Å²) in [6.45, 7) is 6.42. The number of nitrogens with zero attached hydrogens (tertiary/aromatic N) is 1. The van der Waals surface area contributed by atoms with Crippen LogP contribution in [0.25, 0.3) is 12.2 Å². The third kappa shape index (κ3) is 2.22. The second-order valence-electron chi connectivity index (χ2n) is 3.32. The summed E-state index contributed by atoms with van der Waals surface area (Å²) in [5.74, 6) is 0.706. The molecule has 0 fully saturated rings. The standard InChI is InChI=1S/C10H16N2/c1-4-9-10(12-7-11-9)6-5-8(2)3/h4,6-8H,5H2,1-3H3,(H,11,12)/b9-4+,10-6+. The van der Waals surface area contributed by atoms with Gasteiger partial charge in [-0.05, 0) is 19.3 Å². The molecule has 0 unspecified atom stereocenters. The van der Waals surface area contributed by atoms with Crippen molar-refractivity contribution < 1.29 is 0 Å². The molecule has 0 aliphatic rings. The second-order valence-corrected chi connectivity index (χ2v) is 3.32. The van der Waals surface area contributed by atoms with E-state index in [9.17, 15) is 0 Å². The molecule has 0 saturated heterocycles. The average Bonchev–Trinajstić information content (AvgIpc) is 2.47. The van der Waals surface area contributed by atoms with Crippen LogP contribution in [0.5, 0.6) is 0 Å². The Hall–Kier alpha value is -1.05. The fourth-order valence-electron chi connectivity index (χ4n) is 1.06. The van der Waals surface area contributed by atoms with Gasteiger partial charge in [0.25, 0.3) is 0 Å². The van der Waals surface area contributed by atoms with Crippen molar-refractivity contribution in [3.05, 3.63) is 17.0 Å². The molecule has 0 aromatic carbocycles. The molecule has 66 valence electrons. The van der Waals surface area contributed by atoms with Gasteiger partial charge in [-0.3, -0.25) is 0 Å². The van der Waals surface area contributed by atoms with Gasteiger partial charge in [0, 0.05) is 0 Å². The molecule has 0 aliphatic carbocycles. The first-order valence-corrected chi connectivity index (χ1v) is 4.40. The van der Waals surface area contributed by atoms with Crippen molar-refractivity contribution in [3.63, 3.8) is 0 Å². The predicted octanol–water partition coefficient (Wildman–Crippen LogP) is 1.04. The van der Waals surface area contributed by atoms with Crippen LogP contribution in [-0.2, 0) is 0 Å². The van der Waals surface area contributed by atoms with Gasteiger partial charge in [-0.1, -0.05) is 26.0 Å². The number of hydrogen-bond donors (Lipinski definition) is 1. The van der Waals surface area contributed by atoms with E-state index in [1.165, 1.54) is 0 Å². The zero-order valence-electron chi connectivity index (χ0n) is 7.96. The van der Waals surface area contributed by atoms with Crippen molar-refractivity contribution in [2.75, 3.05) is 0 Å². The van der Waals surface area contributed by atoms with Gasteiger partial charge in [-0.2, -0.15) is 0 Å². The van der Waals surface area contributed by atoms with Crippen LogP contribution >= 0.6 is 0 Å². The molecular weight excluding hydrogens is 148 g/mol. The van der Waals surface area contributed by atoms with Crippen LogP contribution in [0.3, 0.4) is 0 Å². The molecule has 0 aliphatic heterocycles. The zero-order valence-corrected chi connectivity index (χ0v) is 7.96. The van der Waals surface area contributed by atoms with E-state index >= 15 is 0 Å². The number of hydrogen-bond acceptors (Lipinski definition) is 1. The Balaban J connectivity index is 2.94. The van der Waals surface area contributed by atoms with E-state index in [-0.39, 0.29) is 0 Å². The molecular formula is C10H16N2. The minimum atomic E-state index is 0.706. The maximum absolute atomic E-state index is 4.17. The Morgan fingerprint density at radius 3 is 2.92 bits per heavy atom. The summed E-state index contributed by atoms with van der Waals surface area (Å²) in [5.41, 5.74) is 0. The van der Waals surface area contributed by atoms with Crippen LogP contribution in [0.2, 0.25) is 0 Å². The first kappa shape index (κ1) is 9.04. The Labute approximate surface area is 73.0 Å². The van der Waals surface area contributed by atoms with Crippen molar-refractivity contribution in [2.24, 2.45) is 5.92 Å². The summed E-state index contributed by atoms with van der Waals surface area (Å²) < 4.78 is 0. The number of aromatic amines is 1. The fraction of sp³-hybridized carbons (Fsp3) is 0.500. The van der Waals surface area contributed by atoms with Crippen LogP contribution in [0.4, 0.5) is 0 Å². The third-order valence-corrected chi connectivity index (χ3v) is 1.77. The lowest BCUT2D eigenvalue weighted by molar-refractivity contribution is 0.680. The van der Waals surface area contributed by atoms with Gasteiger partial charge in [0.2, 0.25) is 0 Å². The van der Waals surface area contributed by atoms with E-state index in [2.05, 4.69) is 29.9 Å². The Bertz CT molecular complexity index is 333. The van der Waals surface area contributed by atoms with E-state index in [1.807, 2.05) is 13.0 Å². The van der Waals surface area contributed by atoms with Gasteiger partial charge in [-0.25, -0.2) is 4.98 Å². The topological polar surface area (TPSA) is 28.7 Å². The first-order valence-electron chi connectivity index (χ1n) is 4.40. The summed E-state index contributed by atoms with van der Waals surface area (Å²) in [6.07, 6.45) is 7.06. The molecule has 2 heteroatoms. The Kier molecular flexibility index (Phi) is 3.09. The van der Waals surface area contributed by atoms with E-state index < -0.39 is 0 Å². The second kappa shape index (κ2) is 4.10. The quantitative estimate of drug-likeness (QED) is 0.695. The van der Waals surface area contributed by atoms with Gasteiger partial charge < -0.3 is 4.98 Å². The number of rotatable bonds is 2. The molecule has 0 saturated carbocycles. The van der Waals surface area contributed by atoms with E-state index in [0.29, 0.717) is 5.92 Å². The molecule has 0 atom stereocenters. The highest BCUT2D eigenvalue weighted by molar-refractivity contribution is 5.23. The number of H-pyrrole nitrogens is 1. The highest BCUT2D eigenvalue weighted by atomic mass is 14.8. The lowest BCUT2D eigenvalue weighted by atomic mass is 10.1. The SMILES string of the molecule is C/C=c1/nc[nH]/c1=C/CC(C)C. The minimum absolute atomic E-state index is 0.706. The van der Waals surface area contributed by atoms with Crippen molar-refractivity contribution in [3.8, 4) is 0 Å². The van der Waals surface area contributed by atoms with Crippen LogP contribution < -0.4 is 10.7 Å². The minimum Gasteiger partial charge on any atom is -0.345 e. The van der Waals surface area contributed by atoms with Gasteiger partial charge in [0.1, 0.15) is 0 Å². The van der Waals surface area contributed by atoms with Crippen LogP contribution in [-0.4, -0.2) is 9.97 Å². The van der Waals surface area contributed by atoms with Gasteiger partial charge in [0.05, 0.1) is 17.0 Å². The van der Waals surface area contributed by atoms with E-state index in [1.54, 1.807) is 6.33 Å². The van der Waals surface area contributed by atoms with E-state index in [4.69, 9.17) is 0 Å². The molecule has 0 amide bonds. The molecule has 1 rings (SSSR count). The maximum atomic E-state index is 4.17. The molecule has 1 aromatic heterocycles. The highest BCUT2D eigenvalue weighted by Crippen LogP contribution is 1.97. The smallest absolute Gasteiger partial charge is 0.0931 e. The number of nitrogens with one attached hydrogen (secondary N) is 1. The van der Waals surface area contributed by atoms with Crippen LogP contribution in [0.15, 0.2) is 6.33 Å². The van der Waals surface area contributed by atoms with Crippen molar-refractivity contribution in [1.82, 2.24) is 9.97 Å². The summed E-state index contributed by atoms with van der Waals surface area (Å²) in [6, 6.07) is 0. The Morgan fingerprint density at radius 2 is 2.33 bits per heavy atom. The molecule has 0 radical (unpaired) electrons. The van der Waals surface area contributed by atoms with Gasteiger partial charge in [0.15, 0.2) is 0 Å². The van der Waals surface area contributed by atoms with Crippen molar-refractivity contribution in [1.29, 1.82) is 0 Å². The van der Waals surface area contributed by atoms with Crippen molar-refractivity contribution >= 4 is 12.2 Å². The third-order valence-electron chi connectivity index (χ3n) is 1.77. The molecule has 1 heterocycles. The number of imidazole rings is 1. The summed E-state index contributed by atoms with van der Waals surface area (Å²) in [5, 5.41) is 2.20. The monoisotopic (exact) mass is 164 g/mol. The normalized spacial score (nSPS) is 14.7. The summed E-state index contributed by atoms with van der Waals surface area (Å²) >= 11 is 0. The highest BCUT2D eigenvalue weighted by Gasteiger charge is 1.90. The summed E-state index contributed by atoms with van der Waals surface area (Å²) in [7, 11) is 0. The predicted molar refractivity (Wildman–Crippen MR) is 51.9 cm³/mol. The molecule has 2 nitrogen and oxygen atoms in total. The molecule has 1 aromatic rings. The lowest BCUT2D eigenvalue weighted by Gasteiger charge is -1.94. The average molecular weight is 164 g/mol. The summed E-state index contributed by atoms with van der Waals surface area (Å²) in [4.78, 5) is 7.28. The maximum Gasteiger partial charge on any atom is 0.0931 e. The molecule has 0 bridgehead atoms.